The van der Waals surface area contributed by atoms with Gasteiger partial charge in [-0.2, -0.15) is 0 Å². The van der Waals surface area contributed by atoms with Crippen LogP contribution in [0.5, 0.6) is 0 Å². The van der Waals surface area contributed by atoms with Crippen LogP contribution in [-0.2, 0) is 0 Å². The van der Waals surface area contributed by atoms with E-state index < -0.39 is 0 Å². The highest BCUT2D eigenvalue weighted by Crippen LogP contribution is 2.15. The summed E-state index contributed by atoms with van der Waals surface area (Å²) in [6, 6.07) is 7.82. The molecule has 1 aromatic rings. The molecule has 0 radical (unpaired) electrons. The molecule has 2 rings (SSSR count). The number of carbonyl (C=O) groups excluding carboxylic acids is 1. The van der Waals surface area contributed by atoms with Gasteiger partial charge in [-0.25, -0.2) is 0 Å². The van der Waals surface area contributed by atoms with Crippen LogP contribution >= 0.6 is 28.3 Å². The van der Waals surface area contributed by atoms with Crippen LogP contribution < -0.4 is 5.32 Å². The summed E-state index contributed by atoms with van der Waals surface area (Å²) in [7, 11) is 0. The molecule has 0 aromatic heterocycles. The third-order valence-corrected chi connectivity index (χ3v) is 3.33. The van der Waals surface area contributed by atoms with Crippen LogP contribution in [0.25, 0.3) is 0 Å². The molecule has 5 heteroatoms. The summed E-state index contributed by atoms with van der Waals surface area (Å²) in [5.74, 6) is 0.121. The van der Waals surface area contributed by atoms with Crippen molar-refractivity contribution in [2.45, 2.75) is 13.0 Å². The molecule has 1 heterocycles. The molecule has 0 aliphatic carbocycles. The lowest BCUT2D eigenvalue weighted by atomic mass is 10.1. The van der Waals surface area contributed by atoms with Crippen LogP contribution in [0.3, 0.4) is 0 Å². The minimum absolute atomic E-state index is 0. The molecule has 0 bridgehead atoms. The van der Waals surface area contributed by atoms with Gasteiger partial charge < -0.3 is 10.2 Å². The fourth-order valence-electron chi connectivity index (χ4n) is 1.93. The van der Waals surface area contributed by atoms with E-state index in [-0.39, 0.29) is 24.4 Å². The van der Waals surface area contributed by atoms with Gasteiger partial charge in [0.1, 0.15) is 0 Å². The molecule has 0 saturated carbocycles. The molecule has 1 aromatic carbocycles. The SMILES string of the molecule is CC1CNCCN1C(=O)c1cccc(Br)c1.Cl. The number of piperazine rings is 1. The Hall–Kier alpha value is -0.580. The molecular formula is C12H16BrClN2O. The molecule has 1 N–H and O–H groups in total. The zero-order chi connectivity index (χ0) is 11.5. The Morgan fingerprint density at radius 1 is 1.53 bits per heavy atom. The number of nitrogens with zero attached hydrogens (tertiary/aromatic N) is 1. The average molecular weight is 320 g/mol. The third kappa shape index (κ3) is 3.44. The van der Waals surface area contributed by atoms with Gasteiger partial charge in [-0.05, 0) is 25.1 Å². The van der Waals surface area contributed by atoms with Crippen molar-refractivity contribution in [1.82, 2.24) is 10.2 Å². The van der Waals surface area contributed by atoms with Crippen molar-refractivity contribution in [2.24, 2.45) is 0 Å². The largest absolute Gasteiger partial charge is 0.333 e. The quantitative estimate of drug-likeness (QED) is 0.861. The first-order valence-corrected chi connectivity index (χ1v) is 6.25. The smallest absolute Gasteiger partial charge is 0.254 e. The molecule has 3 nitrogen and oxygen atoms in total. The van der Waals surface area contributed by atoms with E-state index >= 15 is 0 Å². The fourth-order valence-corrected chi connectivity index (χ4v) is 2.33. The molecule has 94 valence electrons. The lowest BCUT2D eigenvalue weighted by Crippen LogP contribution is -2.52. The summed E-state index contributed by atoms with van der Waals surface area (Å²) in [4.78, 5) is 14.2. The molecule has 17 heavy (non-hydrogen) atoms. The lowest BCUT2D eigenvalue weighted by Gasteiger charge is -2.34. The van der Waals surface area contributed by atoms with E-state index in [1.165, 1.54) is 0 Å². The topological polar surface area (TPSA) is 32.3 Å². The van der Waals surface area contributed by atoms with E-state index in [1.807, 2.05) is 29.2 Å². The van der Waals surface area contributed by atoms with Gasteiger partial charge in [-0.1, -0.05) is 22.0 Å². The van der Waals surface area contributed by atoms with Crippen LogP contribution in [0.4, 0.5) is 0 Å². The number of benzene rings is 1. The van der Waals surface area contributed by atoms with Crippen molar-refractivity contribution in [1.29, 1.82) is 0 Å². The Balaban J connectivity index is 0.00000144. The Kier molecular flexibility index (Phi) is 5.43. The van der Waals surface area contributed by atoms with Crippen LogP contribution in [0, 0.1) is 0 Å². The van der Waals surface area contributed by atoms with Crippen LogP contribution in [0.15, 0.2) is 28.7 Å². The monoisotopic (exact) mass is 318 g/mol. The van der Waals surface area contributed by atoms with Crippen molar-refractivity contribution >= 4 is 34.2 Å². The first-order valence-electron chi connectivity index (χ1n) is 5.46. The standard InChI is InChI=1S/C12H15BrN2O.ClH/c1-9-8-14-5-6-15(9)12(16)10-3-2-4-11(13)7-10;/h2-4,7,9,14H,5-6,8H2,1H3;1H. The number of nitrogens with one attached hydrogen (secondary N) is 1. The summed E-state index contributed by atoms with van der Waals surface area (Å²) in [5.41, 5.74) is 0.753. The third-order valence-electron chi connectivity index (χ3n) is 2.83. The highest BCUT2D eigenvalue weighted by atomic mass is 79.9. The number of halogens is 2. The number of hydrogen-bond acceptors (Lipinski definition) is 2. The molecule has 1 atom stereocenters. The van der Waals surface area contributed by atoms with Crippen LogP contribution in [0.1, 0.15) is 17.3 Å². The molecule has 1 amide bonds. The summed E-state index contributed by atoms with van der Waals surface area (Å²) in [6.07, 6.45) is 0. The van der Waals surface area contributed by atoms with Crippen molar-refractivity contribution in [3.05, 3.63) is 34.3 Å². The van der Waals surface area contributed by atoms with E-state index in [1.54, 1.807) is 0 Å². The molecule has 1 aliphatic rings. The van der Waals surface area contributed by atoms with Gasteiger partial charge in [0.05, 0.1) is 0 Å². The Labute approximate surface area is 116 Å². The number of rotatable bonds is 1. The van der Waals surface area contributed by atoms with Gasteiger partial charge in [0, 0.05) is 35.7 Å². The second-order valence-corrected chi connectivity index (χ2v) is 4.98. The van der Waals surface area contributed by atoms with Crippen molar-refractivity contribution in [3.8, 4) is 0 Å². The van der Waals surface area contributed by atoms with E-state index in [4.69, 9.17) is 0 Å². The molecular weight excluding hydrogens is 304 g/mol. The predicted molar refractivity (Wildman–Crippen MR) is 74.8 cm³/mol. The zero-order valence-electron chi connectivity index (χ0n) is 9.65. The highest BCUT2D eigenvalue weighted by molar-refractivity contribution is 9.10. The Morgan fingerprint density at radius 2 is 2.29 bits per heavy atom. The van der Waals surface area contributed by atoms with E-state index in [0.29, 0.717) is 0 Å². The molecule has 0 spiro atoms. The minimum Gasteiger partial charge on any atom is -0.333 e. The van der Waals surface area contributed by atoms with E-state index in [2.05, 4.69) is 28.2 Å². The summed E-state index contributed by atoms with van der Waals surface area (Å²) < 4.78 is 0.945. The predicted octanol–water partition coefficient (Wildman–Crippen LogP) is 2.30. The minimum atomic E-state index is 0. The van der Waals surface area contributed by atoms with Gasteiger partial charge in [0.2, 0.25) is 0 Å². The molecule has 1 saturated heterocycles. The second kappa shape index (κ2) is 6.38. The fraction of sp³-hybridized carbons (Fsp3) is 0.417. The highest BCUT2D eigenvalue weighted by Gasteiger charge is 2.23. The number of amides is 1. The van der Waals surface area contributed by atoms with Crippen molar-refractivity contribution in [3.63, 3.8) is 0 Å². The number of carbonyl (C=O) groups is 1. The summed E-state index contributed by atoms with van der Waals surface area (Å²) >= 11 is 3.39. The first-order chi connectivity index (χ1) is 7.68. The van der Waals surface area contributed by atoms with Gasteiger partial charge in [0.15, 0.2) is 0 Å². The molecule has 1 fully saturated rings. The summed E-state index contributed by atoms with van der Waals surface area (Å²) in [6.45, 7) is 4.61. The van der Waals surface area contributed by atoms with E-state index in [9.17, 15) is 4.79 Å². The van der Waals surface area contributed by atoms with Gasteiger partial charge >= 0.3 is 0 Å². The Morgan fingerprint density at radius 3 is 2.94 bits per heavy atom. The maximum absolute atomic E-state index is 12.2. The van der Waals surface area contributed by atoms with Gasteiger partial charge in [-0.3, -0.25) is 4.79 Å². The maximum Gasteiger partial charge on any atom is 0.254 e. The van der Waals surface area contributed by atoms with Gasteiger partial charge in [0.25, 0.3) is 5.91 Å². The Bertz CT molecular complexity index is 400. The molecule has 1 aliphatic heterocycles. The lowest BCUT2D eigenvalue weighted by molar-refractivity contribution is 0.0655. The maximum atomic E-state index is 12.2. The average Bonchev–Trinajstić information content (AvgIpc) is 2.29. The zero-order valence-corrected chi connectivity index (χ0v) is 12.1. The van der Waals surface area contributed by atoms with E-state index in [0.717, 1.165) is 29.7 Å². The molecule has 1 unspecified atom stereocenters. The summed E-state index contributed by atoms with van der Waals surface area (Å²) in [5, 5.41) is 3.28. The second-order valence-electron chi connectivity index (χ2n) is 4.06. The van der Waals surface area contributed by atoms with Crippen molar-refractivity contribution < 1.29 is 4.79 Å². The van der Waals surface area contributed by atoms with Gasteiger partial charge in [-0.15, -0.1) is 12.4 Å². The number of hydrogen-bond donors (Lipinski definition) is 1. The van der Waals surface area contributed by atoms with Crippen molar-refractivity contribution in [2.75, 3.05) is 19.6 Å². The van der Waals surface area contributed by atoms with Crippen LogP contribution in [0.2, 0.25) is 0 Å². The van der Waals surface area contributed by atoms with Crippen LogP contribution in [-0.4, -0.2) is 36.5 Å². The first kappa shape index (κ1) is 14.5. The normalized spacial score (nSPS) is 19.6.